The van der Waals surface area contributed by atoms with Crippen LogP contribution >= 0.6 is 37.9 Å². The summed E-state index contributed by atoms with van der Waals surface area (Å²) in [5.41, 5.74) is 0.140. The molecule has 1 rings (SSSR count). The lowest BCUT2D eigenvalue weighted by Crippen LogP contribution is -2.27. The molecule has 1 heterocycles. The molecule has 1 atom stereocenters. The summed E-state index contributed by atoms with van der Waals surface area (Å²) in [6.45, 7) is 17.7. The second-order valence-corrected chi connectivity index (χ2v) is 10.1. The van der Waals surface area contributed by atoms with Crippen molar-refractivity contribution in [3.8, 4) is 0 Å². The predicted molar refractivity (Wildman–Crippen MR) is 124 cm³/mol. The smallest absolute Gasteiger partial charge is 0.150 e. The average molecular weight is 412 g/mol. The van der Waals surface area contributed by atoms with Crippen LogP contribution in [-0.2, 0) is 4.74 Å². The van der Waals surface area contributed by atoms with Crippen molar-refractivity contribution in [2.45, 2.75) is 70.1 Å². The third-order valence-electron chi connectivity index (χ3n) is 4.52. The zero-order valence-corrected chi connectivity index (χ0v) is 19.8. The Morgan fingerprint density at radius 3 is 2.15 bits per heavy atom. The lowest BCUT2D eigenvalue weighted by molar-refractivity contribution is 0.146. The van der Waals surface area contributed by atoms with Crippen molar-refractivity contribution in [1.82, 2.24) is 0 Å². The van der Waals surface area contributed by atoms with Gasteiger partial charge in [0.1, 0.15) is 17.3 Å². The molecule has 6 heteroatoms. The van der Waals surface area contributed by atoms with Crippen molar-refractivity contribution in [2.24, 2.45) is 10.8 Å². The summed E-state index contributed by atoms with van der Waals surface area (Å²) in [5, 5.41) is 0. The van der Waals surface area contributed by atoms with E-state index in [0.717, 1.165) is 39.9 Å². The first kappa shape index (κ1) is 23.7. The van der Waals surface area contributed by atoms with Crippen molar-refractivity contribution in [3.05, 3.63) is 34.8 Å². The number of aryl methyl sites for hydroxylation is 1. The van der Waals surface area contributed by atoms with Gasteiger partial charge in [-0.3, -0.25) is 0 Å². The van der Waals surface area contributed by atoms with Crippen molar-refractivity contribution >= 4 is 45.7 Å². The Labute approximate surface area is 176 Å². The van der Waals surface area contributed by atoms with Gasteiger partial charge in [-0.1, -0.05) is 41.2 Å². The van der Waals surface area contributed by atoms with Crippen LogP contribution in [0.3, 0.4) is 0 Å². The van der Waals surface area contributed by atoms with E-state index in [1.165, 1.54) is 0 Å². The topological polar surface area (TPSA) is 22.4 Å². The lowest BCUT2D eigenvalue weighted by Gasteiger charge is -2.37. The van der Waals surface area contributed by atoms with Gasteiger partial charge in [0, 0.05) is 4.91 Å². The highest BCUT2D eigenvalue weighted by Gasteiger charge is 2.39. The number of hydrogen-bond donors (Lipinski definition) is 3. The van der Waals surface area contributed by atoms with Crippen molar-refractivity contribution < 1.29 is 9.15 Å². The first-order valence-electron chi connectivity index (χ1n) is 9.03. The minimum atomic E-state index is -0.112. The molecule has 0 fully saturated rings. The van der Waals surface area contributed by atoms with Crippen LogP contribution in [0.5, 0.6) is 0 Å². The molecule has 0 aliphatic carbocycles. The quantitative estimate of drug-likeness (QED) is 0.210. The van der Waals surface area contributed by atoms with E-state index < -0.39 is 0 Å². The molecule has 26 heavy (non-hydrogen) atoms. The van der Waals surface area contributed by atoms with E-state index in [1.807, 2.05) is 20.8 Å². The number of furan rings is 1. The van der Waals surface area contributed by atoms with Crippen LogP contribution in [0.2, 0.25) is 0 Å². The van der Waals surface area contributed by atoms with Gasteiger partial charge in [-0.25, -0.2) is 0 Å². The summed E-state index contributed by atoms with van der Waals surface area (Å²) >= 11 is 13.6. The molecule has 0 radical (unpaired) electrons. The van der Waals surface area contributed by atoms with Crippen molar-refractivity contribution in [1.29, 1.82) is 0 Å². The number of thiol groups is 3. The van der Waals surface area contributed by atoms with E-state index >= 15 is 0 Å². The predicted octanol–water partition coefficient (Wildman–Crippen LogP) is 6.04. The van der Waals surface area contributed by atoms with Gasteiger partial charge in [0.25, 0.3) is 0 Å². The zero-order chi connectivity index (χ0) is 20.3. The first-order chi connectivity index (χ1) is 11.8. The Morgan fingerprint density at radius 2 is 1.77 bits per heavy atom. The van der Waals surface area contributed by atoms with Crippen molar-refractivity contribution in [3.63, 3.8) is 0 Å². The maximum Gasteiger partial charge on any atom is 0.150 e. The number of ether oxygens (including phenoxy) is 1. The minimum absolute atomic E-state index is 0.0965. The molecule has 2 nitrogen and oxygen atoms in total. The fraction of sp³-hybridized carbons (Fsp3) is 0.600. The molecule has 146 valence electrons. The lowest BCUT2D eigenvalue weighted by atomic mass is 9.70. The molecule has 0 amide bonds. The van der Waals surface area contributed by atoms with Gasteiger partial charge in [-0.15, -0.1) is 37.9 Å². The summed E-state index contributed by atoms with van der Waals surface area (Å²) in [4.78, 5) is 2.20. The molecule has 1 aromatic rings. The number of rotatable bonds is 8. The van der Waals surface area contributed by atoms with Gasteiger partial charge in [0.05, 0.1) is 22.2 Å². The molecule has 0 aliphatic rings. The Kier molecular flexibility index (Phi) is 8.43. The second kappa shape index (κ2) is 9.25. The molecule has 0 N–H and O–H groups in total. The van der Waals surface area contributed by atoms with E-state index in [0.29, 0.717) is 11.4 Å². The molecular weight excluding hydrogens is 379 g/mol. The molecule has 0 bridgehead atoms. The highest BCUT2D eigenvalue weighted by Crippen LogP contribution is 2.50. The van der Waals surface area contributed by atoms with E-state index in [9.17, 15) is 0 Å². The number of allylic oxidation sites excluding steroid dienone is 2. The highest BCUT2D eigenvalue weighted by molar-refractivity contribution is 7.84. The third-order valence-corrected chi connectivity index (χ3v) is 5.81. The van der Waals surface area contributed by atoms with Gasteiger partial charge in [0.2, 0.25) is 0 Å². The summed E-state index contributed by atoms with van der Waals surface area (Å²) in [6.07, 6.45) is 3.99. The van der Waals surface area contributed by atoms with Crippen LogP contribution in [0.25, 0.3) is 0 Å². The highest BCUT2D eigenvalue weighted by atomic mass is 32.1. The first-order valence-corrected chi connectivity index (χ1v) is 10.4. The van der Waals surface area contributed by atoms with E-state index in [4.69, 9.17) is 9.15 Å². The molecule has 1 unspecified atom stereocenters. The van der Waals surface area contributed by atoms with Gasteiger partial charge in [-0.2, -0.15) is 0 Å². The normalized spacial score (nSPS) is 14.4. The molecule has 0 saturated carbocycles. The van der Waals surface area contributed by atoms with Crippen molar-refractivity contribution in [2.75, 3.05) is 6.51 Å². The Bertz CT molecular complexity index is 669. The van der Waals surface area contributed by atoms with Crippen LogP contribution < -0.4 is 0 Å². The van der Waals surface area contributed by atoms with E-state index in [-0.39, 0.29) is 16.7 Å². The Hall–Kier alpha value is -0.325. The maximum absolute atomic E-state index is 6.11. The number of hydrogen-bond acceptors (Lipinski definition) is 5. The molecule has 1 aromatic heterocycles. The zero-order valence-electron chi connectivity index (χ0n) is 17.1. The maximum atomic E-state index is 6.11. The van der Waals surface area contributed by atoms with E-state index in [1.54, 1.807) is 0 Å². The van der Waals surface area contributed by atoms with Gasteiger partial charge < -0.3 is 9.15 Å². The summed E-state index contributed by atoms with van der Waals surface area (Å²) in [6, 6.07) is 0. The van der Waals surface area contributed by atoms with Gasteiger partial charge in [-0.05, 0) is 36.7 Å². The second-order valence-electron chi connectivity index (χ2n) is 8.67. The summed E-state index contributed by atoms with van der Waals surface area (Å²) in [5.74, 6) is 2.28. The van der Waals surface area contributed by atoms with Gasteiger partial charge in [0.15, 0.2) is 7.85 Å². The average Bonchev–Trinajstić information content (AvgIpc) is 2.72. The van der Waals surface area contributed by atoms with Crippen LogP contribution in [0.1, 0.15) is 64.9 Å². The van der Waals surface area contributed by atoms with E-state index in [2.05, 4.69) is 79.1 Å². The molecule has 0 saturated heterocycles. The SMILES string of the molecule is BCO/C(=C\C(=C)S)C(c1oc(C)c(S)c1S)C(C)(C)CCC(C)(C)C. The van der Waals surface area contributed by atoms with Gasteiger partial charge >= 0.3 is 0 Å². The molecule has 0 spiro atoms. The van der Waals surface area contributed by atoms with Crippen LogP contribution in [0.4, 0.5) is 0 Å². The largest absolute Gasteiger partial charge is 0.506 e. The fourth-order valence-corrected chi connectivity index (χ4v) is 3.61. The summed E-state index contributed by atoms with van der Waals surface area (Å²) < 4.78 is 12.1. The fourth-order valence-electron chi connectivity index (χ4n) is 2.99. The minimum Gasteiger partial charge on any atom is -0.506 e. The Morgan fingerprint density at radius 1 is 1.19 bits per heavy atom. The molecule has 0 aromatic carbocycles. The summed E-state index contributed by atoms with van der Waals surface area (Å²) in [7, 11) is 1.98. The van der Waals surface area contributed by atoms with Crippen LogP contribution in [-0.4, -0.2) is 14.4 Å². The molecule has 0 aliphatic heterocycles. The van der Waals surface area contributed by atoms with Crippen LogP contribution in [0, 0.1) is 17.8 Å². The third kappa shape index (κ3) is 6.38. The monoisotopic (exact) mass is 412 g/mol. The Balaban J connectivity index is 3.50. The standard InChI is InChI=1S/C20H33BO2S3/c1-12(24)10-14(22-11-21)15(16-18(26)17(25)13(2)23-16)20(6,7)9-8-19(3,4)5/h10,15,24-26H,1,8-9,11,21H2,2-7H3/b14-10-. The van der Waals surface area contributed by atoms with Crippen LogP contribution in [0.15, 0.2) is 37.5 Å². The molecular formula is C20H33BO2S3.